The maximum atomic E-state index is 13.9. The summed E-state index contributed by atoms with van der Waals surface area (Å²) < 4.78 is 17.6. The summed E-state index contributed by atoms with van der Waals surface area (Å²) in [6.45, 7) is 1.91. The second kappa shape index (κ2) is 13.3. The summed E-state index contributed by atoms with van der Waals surface area (Å²) in [5.74, 6) is 1.14. The molecule has 43 heavy (non-hydrogen) atoms. The lowest BCUT2D eigenvalue weighted by molar-refractivity contribution is -0.140. The molecule has 2 amide bonds. The van der Waals surface area contributed by atoms with Gasteiger partial charge in [-0.05, 0) is 55.0 Å². The predicted molar refractivity (Wildman–Crippen MR) is 164 cm³/mol. The zero-order chi connectivity index (χ0) is 30.3. The van der Waals surface area contributed by atoms with Crippen LogP contribution < -0.4 is 19.5 Å². The van der Waals surface area contributed by atoms with Gasteiger partial charge in [-0.2, -0.15) is 0 Å². The summed E-state index contributed by atoms with van der Waals surface area (Å²) in [5.41, 5.74) is 3.58. The third kappa shape index (κ3) is 6.59. The van der Waals surface area contributed by atoms with Crippen molar-refractivity contribution in [3.05, 3.63) is 77.1 Å². The van der Waals surface area contributed by atoms with Crippen LogP contribution in [0.4, 0.5) is 5.69 Å². The van der Waals surface area contributed by atoms with Gasteiger partial charge in [-0.15, -0.1) is 16.4 Å². The van der Waals surface area contributed by atoms with Crippen molar-refractivity contribution in [1.29, 1.82) is 0 Å². The number of benzene rings is 3. The molecule has 12 heteroatoms. The molecule has 0 bridgehead atoms. The maximum absolute atomic E-state index is 13.9. The van der Waals surface area contributed by atoms with E-state index in [1.54, 1.807) is 42.0 Å². The maximum Gasteiger partial charge on any atom is 0.247 e. The molecule has 0 saturated heterocycles. The third-order valence-corrected chi connectivity index (χ3v) is 7.83. The summed E-state index contributed by atoms with van der Waals surface area (Å²) in [6, 6.07) is 19.3. The number of aromatic nitrogens is 4. The van der Waals surface area contributed by atoms with Crippen LogP contribution in [0.1, 0.15) is 18.4 Å². The summed E-state index contributed by atoms with van der Waals surface area (Å²) >= 11 is 1.43. The van der Waals surface area contributed by atoms with E-state index < -0.39 is 6.04 Å². The Morgan fingerprint density at radius 3 is 2.44 bits per heavy atom. The van der Waals surface area contributed by atoms with Crippen LogP contribution >= 0.6 is 11.3 Å². The SMILES string of the molecule is CCC(C(=O)Nc1ccc(OC)cc1OC)N(Cc1nc(-c2ccc(OC)cc2)cs1)C(=O)Cn1nnc2ccccc21. The van der Waals surface area contributed by atoms with Crippen LogP contribution in [0.2, 0.25) is 0 Å². The molecule has 0 radical (unpaired) electrons. The number of nitrogens with one attached hydrogen (secondary N) is 1. The van der Waals surface area contributed by atoms with Crippen molar-refractivity contribution in [1.82, 2.24) is 24.9 Å². The van der Waals surface area contributed by atoms with Crippen molar-refractivity contribution < 1.29 is 23.8 Å². The highest BCUT2D eigenvalue weighted by Crippen LogP contribution is 2.30. The van der Waals surface area contributed by atoms with E-state index in [4.69, 9.17) is 19.2 Å². The Kier molecular flexibility index (Phi) is 9.16. The molecule has 5 rings (SSSR count). The van der Waals surface area contributed by atoms with E-state index in [1.165, 1.54) is 18.4 Å². The van der Waals surface area contributed by atoms with Gasteiger partial charge in [-0.3, -0.25) is 9.59 Å². The first-order chi connectivity index (χ1) is 20.9. The van der Waals surface area contributed by atoms with Crippen LogP contribution in [0.3, 0.4) is 0 Å². The van der Waals surface area contributed by atoms with Gasteiger partial charge in [-0.1, -0.05) is 24.3 Å². The highest BCUT2D eigenvalue weighted by Gasteiger charge is 2.31. The first-order valence-corrected chi connectivity index (χ1v) is 14.5. The minimum atomic E-state index is -0.803. The number of amides is 2. The normalized spacial score (nSPS) is 11.6. The average molecular weight is 601 g/mol. The van der Waals surface area contributed by atoms with Crippen molar-refractivity contribution in [3.63, 3.8) is 0 Å². The number of hydrogen-bond donors (Lipinski definition) is 1. The van der Waals surface area contributed by atoms with Crippen LogP contribution in [0.15, 0.2) is 72.1 Å². The van der Waals surface area contributed by atoms with Gasteiger partial charge in [0.1, 0.15) is 40.4 Å². The molecule has 5 aromatic rings. The number of thiazole rings is 1. The molecule has 1 atom stereocenters. The molecule has 2 aromatic heterocycles. The summed E-state index contributed by atoms with van der Waals surface area (Å²) in [4.78, 5) is 34.0. The fourth-order valence-corrected chi connectivity index (χ4v) is 5.52. The van der Waals surface area contributed by atoms with Gasteiger partial charge >= 0.3 is 0 Å². The third-order valence-electron chi connectivity index (χ3n) is 7.00. The number of fused-ring (bicyclic) bond motifs is 1. The molecule has 0 saturated carbocycles. The number of carbonyl (C=O) groups is 2. The number of nitrogens with zero attached hydrogens (tertiary/aromatic N) is 5. The molecule has 222 valence electrons. The van der Waals surface area contributed by atoms with Gasteiger partial charge in [0.15, 0.2) is 0 Å². The lowest BCUT2D eigenvalue weighted by atomic mass is 10.1. The second-order valence-corrected chi connectivity index (χ2v) is 10.5. The quantitative estimate of drug-likeness (QED) is 0.212. The number of hydrogen-bond acceptors (Lipinski definition) is 9. The average Bonchev–Trinajstić information content (AvgIpc) is 3.68. The number of carbonyl (C=O) groups excluding carboxylic acids is 2. The molecule has 1 N–H and O–H groups in total. The zero-order valence-electron chi connectivity index (χ0n) is 24.3. The Hall–Kier alpha value is -4.97. The van der Waals surface area contributed by atoms with E-state index in [1.807, 2.05) is 60.8 Å². The first kappa shape index (κ1) is 29.5. The Bertz CT molecular complexity index is 1720. The van der Waals surface area contributed by atoms with Gasteiger partial charge in [0.2, 0.25) is 11.8 Å². The molecular formula is C31H32N6O5S. The van der Waals surface area contributed by atoms with E-state index >= 15 is 0 Å². The van der Waals surface area contributed by atoms with Crippen LogP contribution in [0, 0.1) is 0 Å². The highest BCUT2D eigenvalue weighted by molar-refractivity contribution is 7.09. The summed E-state index contributed by atoms with van der Waals surface area (Å²) in [6.07, 6.45) is 0.366. The Morgan fingerprint density at radius 2 is 1.72 bits per heavy atom. The van der Waals surface area contributed by atoms with E-state index in [-0.39, 0.29) is 24.9 Å². The topological polar surface area (TPSA) is 121 Å². The summed E-state index contributed by atoms with van der Waals surface area (Å²) in [5, 5.41) is 13.9. The molecule has 0 spiro atoms. The van der Waals surface area contributed by atoms with E-state index in [0.29, 0.717) is 34.1 Å². The lowest BCUT2D eigenvalue weighted by Gasteiger charge is -2.30. The number of ether oxygens (including phenoxy) is 3. The van der Waals surface area contributed by atoms with Gasteiger partial charge in [0.05, 0.1) is 44.8 Å². The van der Waals surface area contributed by atoms with Gasteiger partial charge in [0, 0.05) is 17.0 Å². The number of anilines is 1. The van der Waals surface area contributed by atoms with Crippen LogP contribution in [0.25, 0.3) is 22.3 Å². The molecular weight excluding hydrogens is 568 g/mol. The number of methoxy groups -OCH3 is 3. The Labute approximate surface area is 253 Å². The molecule has 0 aliphatic heterocycles. The molecule has 0 aliphatic carbocycles. The lowest BCUT2D eigenvalue weighted by Crippen LogP contribution is -2.47. The monoisotopic (exact) mass is 600 g/mol. The largest absolute Gasteiger partial charge is 0.497 e. The fourth-order valence-electron chi connectivity index (χ4n) is 4.71. The predicted octanol–water partition coefficient (Wildman–Crippen LogP) is 5.03. The molecule has 2 heterocycles. The second-order valence-electron chi connectivity index (χ2n) is 9.59. The van der Waals surface area contributed by atoms with Crippen molar-refractivity contribution in [2.45, 2.75) is 32.5 Å². The van der Waals surface area contributed by atoms with Crippen molar-refractivity contribution in [3.8, 4) is 28.5 Å². The number of rotatable bonds is 12. The standard InChI is InChI=1S/C31H32N6O5S/c1-5-26(31(39)33-24-15-14-22(41-3)16-28(24)42-4)36(30(38)18-37-27-9-7-6-8-23(27)34-35-37)17-29-32-25(19-43-29)20-10-12-21(40-2)13-11-20/h6-16,19,26H,5,17-18H2,1-4H3,(H,33,39). The molecule has 0 aliphatic rings. The molecule has 1 unspecified atom stereocenters. The van der Waals surface area contributed by atoms with E-state index in [9.17, 15) is 9.59 Å². The molecule has 3 aromatic carbocycles. The minimum Gasteiger partial charge on any atom is -0.497 e. The van der Waals surface area contributed by atoms with E-state index in [2.05, 4.69) is 15.6 Å². The van der Waals surface area contributed by atoms with E-state index in [0.717, 1.165) is 22.5 Å². The Morgan fingerprint density at radius 1 is 0.977 bits per heavy atom. The minimum absolute atomic E-state index is 0.0904. The van der Waals surface area contributed by atoms with Gasteiger partial charge < -0.3 is 24.4 Å². The van der Waals surface area contributed by atoms with Crippen LogP contribution in [-0.4, -0.2) is 64.1 Å². The van der Waals surface area contributed by atoms with Gasteiger partial charge in [0.25, 0.3) is 0 Å². The highest BCUT2D eigenvalue weighted by atomic mass is 32.1. The molecule has 0 fully saturated rings. The van der Waals surface area contributed by atoms with Crippen LogP contribution in [0.5, 0.6) is 17.2 Å². The van der Waals surface area contributed by atoms with Crippen molar-refractivity contribution in [2.24, 2.45) is 0 Å². The van der Waals surface area contributed by atoms with Crippen molar-refractivity contribution in [2.75, 3.05) is 26.6 Å². The Balaban J connectivity index is 1.43. The molecule has 11 nitrogen and oxygen atoms in total. The first-order valence-electron chi connectivity index (χ1n) is 13.6. The van der Waals surface area contributed by atoms with Gasteiger partial charge in [-0.25, -0.2) is 9.67 Å². The van der Waals surface area contributed by atoms with Crippen LogP contribution in [-0.2, 0) is 22.7 Å². The number of para-hydroxylation sites is 1. The zero-order valence-corrected chi connectivity index (χ0v) is 25.1. The van der Waals surface area contributed by atoms with Crippen molar-refractivity contribution >= 4 is 39.9 Å². The summed E-state index contributed by atoms with van der Waals surface area (Å²) in [7, 11) is 4.69. The smallest absolute Gasteiger partial charge is 0.247 e. The fraction of sp³-hybridized carbons (Fsp3) is 0.258.